The van der Waals surface area contributed by atoms with Gasteiger partial charge in [0.15, 0.2) is 27.8 Å². The predicted molar refractivity (Wildman–Crippen MR) is 120 cm³/mol. The summed E-state index contributed by atoms with van der Waals surface area (Å²) in [5.41, 5.74) is 7.05. The van der Waals surface area contributed by atoms with Gasteiger partial charge in [-0.15, -0.1) is 0 Å². The number of hydrogen-bond acceptors (Lipinski definition) is 1. The zero-order valence-corrected chi connectivity index (χ0v) is 18.0. The molecule has 2 aromatic carbocycles. The van der Waals surface area contributed by atoms with Gasteiger partial charge in [0.25, 0.3) is 5.82 Å². The Balaban J connectivity index is 1.67. The largest absolute Gasteiger partial charge is 0.308 e. The Hall–Kier alpha value is -3.47. The lowest BCUT2D eigenvalue weighted by molar-refractivity contribution is -0.634. The SMILES string of the molecule is CCn1c(-c2ccc(-c3n(CC)c4ccccc4[n+]3C)nc2)[n+](C)c2ccccc21. The normalized spacial score (nSPS) is 11.6. The second kappa shape index (κ2) is 7.10. The molecule has 0 saturated carbocycles. The summed E-state index contributed by atoms with van der Waals surface area (Å²) < 4.78 is 9.19. The summed E-state index contributed by atoms with van der Waals surface area (Å²) in [6.45, 7) is 6.19. The highest BCUT2D eigenvalue weighted by Crippen LogP contribution is 2.26. The van der Waals surface area contributed by atoms with Gasteiger partial charge in [0.05, 0.1) is 32.7 Å². The van der Waals surface area contributed by atoms with Gasteiger partial charge in [0.2, 0.25) is 0 Å². The molecule has 0 amide bonds. The van der Waals surface area contributed by atoms with E-state index in [4.69, 9.17) is 4.98 Å². The molecule has 0 atom stereocenters. The number of aryl methyl sites for hydroxylation is 4. The summed E-state index contributed by atoms with van der Waals surface area (Å²) in [6, 6.07) is 21.4. The fraction of sp³-hybridized carbons (Fsp3) is 0.240. The van der Waals surface area contributed by atoms with Crippen molar-refractivity contribution in [3.05, 3.63) is 66.9 Å². The molecule has 0 fully saturated rings. The van der Waals surface area contributed by atoms with Crippen LogP contribution in [-0.4, -0.2) is 14.1 Å². The van der Waals surface area contributed by atoms with Crippen LogP contribution in [0.5, 0.6) is 0 Å². The molecule has 150 valence electrons. The topological polar surface area (TPSA) is 30.5 Å². The lowest BCUT2D eigenvalue weighted by Gasteiger charge is -2.03. The number of nitrogens with zero attached hydrogens (tertiary/aromatic N) is 5. The zero-order chi connectivity index (χ0) is 20.8. The van der Waals surface area contributed by atoms with E-state index >= 15 is 0 Å². The summed E-state index contributed by atoms with van der Waals surface area (Å²) in [5.74, 6) is 2.31. The van der Waals surface area contributed by atoms with Gasteiger partial charge in [0, 0.05) is 6.20 Å². The number of hydrogen-bond donors (Lipinski definition) is 0. The molecule has 0 aliphatic heterocycles. The van der Waals surface area contributed by atoms with Crippen molar-refractivity contribution in [2.45, 2.75) is 26.9 Å². The zero-order valence-electron chi connectivity index (χ0n) is 18.0. The Morgan fingerprint density at radius 2 is 1.23 bits per heavy atom. The van der Waals surface area contributed by atoms with Crippen LogP contribution >= 0.6 is 0 Å². The Bertz CT molecular complexity index is 1270. The molecule has 0 N–H and O–H groups in total. The van der Waals surface area contributed by atoms with Gasteiger partial charge in [-0.05, 0) is 50.2 Å². The van der Waals surface area contributed by atoms with E-state index in [9.17, 15) is 0 Å². The van der Waals surface area contributed by atoms with Crippen LogP contribution in [-0.2, 0) is 27.2 Å². The third-order valence-electron chi connectivity index (χ3n) is 6.10. The van der Waals surface area contributed by atoms with Crippen LogP contribution in [0.25, 0.3) is 45.0 Å². The van der Waals surface area contributed by atoms with Crippen molar-refractivity contribution in [2.24, 2.45) is 14.1 Å². The van der Waals surface area contributed by atoms with Gasteiger partial charge < -0.3 is 0 Å². The van der Waals surface area contributed by atoms with Crippen LogP contribution in [0.3, 0.4) is 0 Å². The quantitative estimate of drug-likeness (QED) is 0.422. The number of para-hydroxylation sites is 4. The summed E-state index contributed by atoms with van der Waals surface area (Å²) in [7, 11) is 4.25. The first kappa shape index (κ1) is 18.6. The van der Waals surface area contributed by atoms with E-state index < -0.39 is 0 Å². The van der Waals surface area contributed by atoms with Crippen LogP contribution in [0.1, 0.15) is 13.8 Å². The fourth-order valence-electron chi connectivity index (χ4n) is 4.73. The van der Waals surface area contributed by atoms with Gasteiger partial charge in [-0.2, -0.15) is 0 Å². The van der Waals surface area contributed by atoms with Crippen molar-refractivity contribution < 1.29 is 9.13 Å². The number of aromatic nitrogens is 5. The first-order chi connectivity index (χ1) is 14.7. The number of benzene rings is 2. The van der Waals surface area contributed by atoms with E-state index in [0.717, 1.165) is 30.2 Å². The molecule has 3 aromatic heterocycles. The van der Waals surface area contributed by atoms with Crippen LogP contribution in [0.4, 0.5) is 0 Å². The van der Waals surface area contributed by atoms with E-state index in [1.54, 1.807) is 0 Å². The molecule has 3 heterocycles. The monoisotopic (exact) mass is 397 g/mol. The second-order valence-corrected chi connectivity index (χ2v) is 7.66. The summed E-state index contributed by atoms with van der Waals surface area (Å²) in [4.78, 5) is 4.91. The minimum atomic E-state index is 0.902. The van der Waals surface area contributed by atoms with Gasteiger partial charge in [-0.3, -0.25) is 0 Å². The summed E-state index contributed by atoms with van der Waals surface area (Å²) >= 11 is 0. The molecule has 5 heteroatoms. The van der Waals surface area contributed by atoms with Crippen molar-refractivity contribution in [2.75, 3.05) is 0 Å². The molecule has 5 nitrogen and oxygen atoms in total. The number of pyridine rings is 1. The van der Waals surface area contributed by atoms with Gasteiger partial charge in [-0.25, -0.2) is 23.3 Å². The van der Waals surface area contributed by atoms with E-state index in [2.05, 4.69) is 107 Å². The molecule has 30 heavy (non-hydrogen) atoms. The molecule has 0 aliphatic rings. The fourth-order valence-corrected chi connectivity index (χ4v) is 4.73. The number of fused-ring (bicyclic) bond motifs is 2. The minimum Gasteiger partial charge on any atom is -0.247 e. The molecule has 0 bridgehead atoms. The standard InChI is InChI=1S/C25H27N5/c1-5-29-22-13-9-7-11-20(22)27(3)24(29)18-15-16-19(26-17-18)25-28(4)21-12-8-10-14-23(21)30(25)6-2/h7-17H,5-6H2,1-4H3/q+2. The third kappa shape index (κ3) is 2.58. The van der Waals surface area contributed by atoms with Crippen molar-refractivity contribution in [3.63, 3.8) is 0 Å². The second-order valence-electron chi connectivity index (χ2n) is 7.66. The average Bonchev–Trinajstić information content (AvgIpc) is 3.25. The highest BCUT2D eigenvalue weighted by atomic mass is 15.2. The van der Waals surface area contributed by atoms with Crippen LogP contribution in [0.15, 0.2) is 66.9 Å². The smallest absolute Gasteiger partial charge is 0.247 e. The van der Waals surface area contributed by atoms with Crippen molar-refractivity contribution in [3.8, 4) is 22.9 Å². The maximum atomic E-state index is 4.91. The maximum Gasteiger partial charge on any atom is 0.308 e. The molecule has 0 spiro atoms. The maximum absolute atomic E-state index is 4.91. The van der Waals surface area contributed by atoms with Crippen LogP contribution in [0, 0.1) is 0 Å². The summed E-state index contributed by atoms with van der Waals surface area (Å²) in [5, 5.41) is 0. The predicted octanol–water partition coefficient (Wildman–Crippen LogP) is 4.01. The Morgan fingerprint density at radius 1 is 0.700 bits per heavy atom. The van der Waals surface area contributed by atoms with Gasteiger partial charge >= 0.3 is 5.82 Å². The van der Waals surface area contributed by atoms with E-state index in [0.29, 0.717) is 0 Å². The Labute approximate surface area is 176 Å². The average molecular weight is 398 g/mol. The third-order valence-corrected chi connectivity index (χ3v) is 6.10. The molecule has 5 aromatic rings. The Morgan fingerprint density at radius 3 is 1.77 bits per heavy atom. The van der Waals surface area contributed by atoms with E-state index in [1.165, 1.54) is 27.9 Å². The van der Waals surface area contributed by atoms with Gasteiger partial charge in [0.1, 0.15) is 0 Å². The van der Waals surface area contributed by atoms with Crippen LogP contribution < -0.4 is 9.13 Å². The van der Waals surface area contributed by atoms with Crippen molar-refractivity contribution >= 4 is 22.1 Å². The highest BCUT2D eigenvalue weighted by molar-refractivity contribution is 5.77. The molecule has 0 saturated heterocycles. The summed E-state index contributed by atoms with van der Waals surface area (Å²) in [6.07, 6.45) is 2.01. The molecule has 5 rings (SSSR count). The van der Waals surface area contributed by atoms with Crippen molar-refractivity contribution in [1.29, 1.82) is 0 Å². The molecular formula is C25H27N5+2. The lowest BCUT2D eigenvalue weighted by Crippen LogP contribution is -2.31. The highest BCUT2D eigenvalue weighted by Gasteiger charge is 2.26. The minimum absolute atomic E-state index is 0.902. The molecular weight excluding hydrogens is 370 g/mol. The number of rotatable bonds is 4. The Kier molecular flexibility index (Phi) is 4.39. The number of imidazole rings is 2. The van der Waals surface area contributed by atoms with Gasteiger partial charge in [-0.1, -0.05) is 24.3 Å². The lowest BCUT2D eigenvalue weighted by atomic mass is 10.2. The van der Waals surface area contributed by atoms with E-state index in [-0.39, 0.29) is 0 Å². The van der Waals surface area contributed by atoms with E-state index in [1.807, 2.05) is 6.20 Å². The molecule has 0 unspecified atom stereocenters. The first-order valence-corrected chi connectivity index (χ1v) is 10.6. The molecule has 0 aliphatic carbocycles. The molecule has 0 radical (unpaired) electrons. The van der Waals surface area contributed by atoms with Crippen molar-refractivity contribution in [1.82, 2.24) is 14.1 Å². The van der Waals surface area contributed by atoms with Crippen LogP contribution in [0.2, 0.25) is 0 Å². The first-order valence-electron chi connectivity index (χ1n) is 10.6.